The minimum Gasteiger partial charge on any atom is -0.0853 e. The maximum absolute atomic E-state index is 2.50. The summed E-state index contributed by atoms with van der Waals surface area (Å²) in [6.07, 6.45) is 7.65. The van der Waals surface area contributed by atoms with E-state index in [1.165, 1.54) is 31.2 Å². The molecule has 0 N–H and O–H groups in total. The average molecular weight is 254 g/mol. The van der Waals surface area contributed by atoms with Crippen molar-refractivity contribution in [1.29, 1.82) is 0 Å². The van der Waals surface area contributed by atoms with Gasteiger partial charge in [-0.1, -0.05) is 50.6 Å². The largest absolute Gasteiger partial charge is 0.0853 e. The van der Waals surface area contributed by atoms with Crippen LogP contribution in [0.5, 0.6) is 0 Å². The summed E-state index contributed by atoms with van der Waals surface area (Å²) >= 11 is 0. The molecule has 1 unspecified atom stereocenters. The van der Waals surface area contributed by atoms with Crippen LogP contribution in [0.15, 0.2) is 29.8 Å². The van der Waals surface area contributed by atoms with Crippen LogP contribution in [-0.2, 0) is 11.8 Å². The fourth-order valence-corrected chi connectivity index (χ4v) is 4.32. The van der Waals surface area contributed by atoms with Crippen LogP contribution in [-0.4, -0.2) is 0 Å². The summed E-state index contributed by atoms with van der Waals surface area (Å²) in [5.41, 5.74) is 6.79. The molecule has 0 saturated heterocycles. The van der Waals surface area contributed by atoms with E-state index in [0.717, 1.165) is 5.92 Å². The molecule has 1 aromatic rings. The van der Waals surface area contributed by atoms with Crippen LogP contribution in [0, 0.1) is 5.92 Å². The highest BCUT2D eigenvalue weighted by Crippen LogP contribution is 2.50. The highest BCUT2D eigenvalue weighted by molar-refractivity contribution is 5.43. The predicted molar refractivity (Wildman–Crippen MR) is 82.7 cm³/mol. The summed E-state index contributed by atoms with van der Waals surface area (Å²) in [6.45, 7) is 9.43. The Balaban J connectivity index is 2.07. The third-order valence-corrected chi connectivity index (χ3v) is 5.56. The molecule has 19 heavy (non-hydrogen) atoms. The molecule has 0 heteroatoms. The van der Waals surface area contributed by atoms with Crippen LogP contribution in [0.1, 0.15) is 69.6 Å². The lowest BCUT2D eigenvalue weighted by atomic mass is 9.58. The Morgan fingerprint density at radius 2 is 2.05 bits per heavy atom. The highest BCUT2D eigenvalue weighted by atomic mass is 14.5. The summed E-state index contributed by atoms with van der Waals surface area (Å²) in [5, 5.41) is 0. The minimum atomic E-state index is 0.391. The van der Waals surface area contributed by atoms with Gasteiger partial charge in [0, 0.05) is 0 Å². The topological polar surface area (TPSA) is 0 Å². The van der Waals surface area contributed by atoms with E-state index in [-0.39, 0.29) is 0 Å². The lowest BCUT2D eigenvalue weighted by molar-refractivity contribution is 0.262. The molecular formula is C19H26. The Morgan fingerprint density at radius 1 is 1.26 bits per heavy atom. The maximum atomic E-state index is 2.50. The molecule has 0 nitrogen and oxygen atoms in total. The lowest BCUT2D eigenvalue weighted by Gasteiger charge is -2.46. The van der Waals surface area contributed by atoms with E-state index in [0.29, 0.717) is 11.3 Å². The first-order valence-electron chi connectivity index (χ1n) is 7.82. The number of allylic oxidation sites excluding steroid dienone is 2. The molecule has 2 aliphatic carbocycles. The van der Waals surface area contributed by atoms with Gasteiger partial charge in [-0.25, -0.2) is 0 Å². The van der Waals surface area contributed by atoms with Gasteiger partial charge in [-0.2, -0.15) is 0 Å². The average Bonchev–Trinajstić information content (AvgIpc) is 2.38. The van der Waals surface area contributed by atoms with E-state index in [1.54, 1.807) is 16.7 Å². The SMILES string of the molecule is CC1=CCC[C@]2(C)c3ccc(C(C)C)cc3CCC12. The van der Waals surface area contributed by atoms with Crippen molar-refractivity contribution in [3.8, 4) is 0 Å². The summed E-state index contributed by atoms with van der Waals surface area (Å²) < 4.78 is 0. The molecule has 0 saturated carbocycles. The summed E-state index contributed by atoms with van der Waals surface area (Å²) in [7, 11) is 0. The first-order chi connectivity index (χ1) is 9.02. The fourth-order valence-electron chi connectivity index (χ4n) is 4.32. The Hall–Kier alpha value is -1.04. The van der Waals surface area contributed by atoms with Gasteiger partial charge >= 0.3 is 0 Å². The van der Waals surface area contributed by atoms with Crippen molar-refractivity contribution < 1.29 is 0 Å². The Morgan fingerprint density at radius 3 is 2.79 bits per heavy atom. The van der Waals surface area contributed by atoms with Gasteiger partial charge in [-0.3, -0.25) is 0 Å². The van der Waals surface area contributed by atoms with Gasteiger partial charge in [0.25, 0.3) is 0 Å². The fraction of sp³-hybridized carbons (Fsp3) is 0.579. The number of aryl methyl sites for hydroxylation is 1. The van der Waals surface area contributed by atoms with Crippen molar-refractivity contribution in [2.45, 2.75) is 64.7 Å². The molecule has 2 atom stereocenters. The van der Waals surface area contributed by atoms with Crippen molar-refractivity contribution in [3.05, 3.63) is 46.5 Å². The summed E-state index contributed by atoms with van der Waals surface area (Å²) in [6, 6.07) is 7.29. The Bertz CT molecular complexity index is 521. The molecule has 2 aliphatic rings. The molecule has 0 bridgehead atoms. The van der Waals surface area contributed by atoms with Gasteiger partial charge in [0.05, 0.1) is 0 Å². The van der Waals surface area contributed by atoms with Crippen LogP contribution in [0.3, 0.4) is 0 Å². The molecule has 3 rings (SSSR count). The van der Waals surface area contributed by atoms with E-state index >= 15 is 0 Å². The zero-order valence-corrected chi connectivity index (χ0v) is 12.8. The van der Waals surface area contributed by atoms with Crippen LogP contribution in [0.25, 0.3) is 0 Å². The Kier molecular flexibility index (Phi) is 3.08. The molecular weight excluding hydrogens is 228 g/mol. The van der Waals surface area contributed by atoms with Gasteiger partial charge in [0.15, 0.2) is 0 Å². The van der Waals surface area contributed by atoms with Crippen molar-refractivity contribution >= 4 is 0 Å². The third kappa shape index (κ3) is 1.96. The predicted octanol–water partition coefficient (Wildman–Crippen LogP) is 5.37. The van der Waals surface area contributed by atoms with Gasteiger partial charge in [0.1, 0.15) is 0 Å². The zero-order valence-electron chi connectivity index (χ0n) is 12.8. The summed E-state index contributed by atoms with van der Waals surface area (Å²) in [5.74, 6) is 1.42. The lowest BCUT2D eigenvalue weighted by Crippen LogP contribution is -2.39. The highest BCUT2D eigenvalue weighted by Gasteiger charge is 2.42. The Labute approximate surface area is 117 Å². The molecule has 0 amide bonds. The monoisotopic (exact) mass is 254 g/mol. The third-order valence-electron chi connectivity index (χ3n) is 5.56. The smallest absolute Gasteiger partial charge is 0.000422 e. The van der Waals surface area contributed by atoms with Gasteiger partial charge in [-0.05, 0) is 66.5 Å². The number of hydrogen-bond donors (Lipinski definition) is 0. The van der Waals surface area contributed by atoms with Crippen LogP contribution in [0.4, 0.5) is 0 Å². The second-order valence-corrected chi connectivity index (χ2v) is 7.07. The molecule has 0 aliphatic heterocycles. The van der Waals surface area contributed by atoms with Crippen molar-refractivity contribution in [2.75, 3.05) is 0 Å². The van der Waals surface area contributed by atoms with Crippen molar-refractivity contribution in [2.24, 2.45) is 5.92 Å². The van der Waals surface area contributed by atoms with E-state index in [1.807, 2.05) is 0 Å². The maximum Gasteiger partial charge on any atom is -0.000422 e. The normalized spacial score (nSPS) is 29.7. The van der Waals surface area contributed by atoms with Gasteiger partial charge in [-0.15, -0.1) is 0 Å². The van der Waals surface area contributed by atoms with Gasteiger partial charge < -0.3 is 0 Å². The van der Waals surface area contributed by atoms with E-state index in [9.17, 15) is 0 Å². The van der Waals surface area contributed by atoms with Crippen molar-refractivity contribution in [3.63, 3.8) is 0 Å². The van der Waals surface area contributed by atoms with E-state index < -0.39 is 0 Å². The molecule has 0 spiro atoms. The molecule has 0 radical (unpaired) electrons. The summed E-state index contributed by atoms with van der Waals surface area (Å²) in [4.78, 5) is 0. The first-order valence-corrected chi connectivity index (χ1v) is 7.82. The number of fused-ring (bicyclic) bond motifs is 3. The van der Waals surface area contributed by atoms with E-state index in [2.05, 4.69) is 52.0 Å². The molecule has 0 aromatic heterocycles. The standard InChI is InChI=1S/C19H26/c1-13(2)15-7-10-18-16(12-15)8-9-17-14(3)6-5-11-19(17,18)4/h6-7,10,12-13,17H,5,8-9,11H2,1-4H3/t17?,19-/m0/s1. The zero-order chi connectivity index (χ0) is 13.6. The van der Waals surface area contributed by atoms with Crippen LogP contribution >= 0.6 is 0 Å². The molecule has 1 aromatic carbocycles. The van der Waals surface area contributed by atoms with Gasteiger partial charge in [0.2, 0.25) is 0 Å². The minimum absolute atomic E-state index is 0.391. The van der Waals surface area contributed by atoms with E-state index in [4.69, 9.17) is 0 Å². The quantitative estimate of drug-likeness (QED) is 0.591. The van der Waals surface area contributed by atoms with Crippen LogP contribution in [0.2, 0.25) is 0 Å². The molecule has 0 fully saturated rings. The molecule has 0 heterocycles. The first kappa shape index (κ1) is 13.0. The molecule has 102 valence electrons. The number of rotatable bonds is 1. The second kappa shape index (κ2) is 4.51. The number of hydrogen-bond acceptors (Lipinski definition) is 0. The second-order valence-electron chi connectivity index (χ2n) is 7.07. The number of benzene rings is 1. The van der Waals surface area contributed by atoms with Crippen molar-refractivity contribution in [1.82, 2.24) is 0 Å². The van der Waals surface area contributed by atoms with Crippen LogP contribution < -0.4 is 0 Å².